The number of para-hydroxylation sites is 2. The molecule has 2 heterocycles. The number of hydrogen-bond donors (Lipinski definition) is 2. The predicted molar refractivity (Wildman–Crippen MR) is 214 cm³/mol. The highest BCUT2D eigenvalue weighted by molar-refractivity contribution is 6.37. The standard InChI is InChI=1S/C47H35N3O/c1-48-39-21-11-9-19-37(39)45(32-14-3-2-4-15-32)49-29-30-23-26-33(27-24-30)50-40-28-25-31-13-5-6-16-34(31)43(40)44-36-18-8-7-17-35(36)42-38-20-10-12-22-41(38)51-47(42)46(44)50/h2-28,45,48-49H,29H2,1H3. The predicted octanol–water partition coefficient (Wildman–Crippen LogP) is 11.9. The third kappa shape index (κ3) is 4.64. The first-order valence-corrected chi connectivity index (χ1v) is 17.6. The molecule has 2 aromatic heterocycles. The number of nitrogens with zero attached hydrogens (tertiary/aromatic N) is 1. The van der Waals surface area contributed by atoms with E-state index in [0.29, 0.717) is 6.54 Å². The number of anilines is 1. The van der Waals surface area contributed by atoms with Crippen LogP contribution in [0.15, 0.2) is 168 Å². The summed E-state index contributed by atoms with van der Waals surface area (Å²) in [5, 5.41) is 17.0. The Hall–Kier alpha value is -6.36. The van der Waals surface area contributed by atoms with E-state index >= 15 is 0 Å². The molecule has 0 aliphatic rings. The maximum absolute atomic E-state index is 6.83. The molecule has 0 spiro atoms. The van der Waals surface area contributed by atoms with Gasteiger partial charge in [-0.15, -0.1) is 0 Å². The van der Waals surface area contributed by atoms with E-state index in [0.717, 1.165) is 38.8 Å². The number of hydrogen-bond acceptors (Lipinski definition) is 3. The Labute approximate surface area is 295 Å². The Morgan fingerprint density at radius 1 is 0.569 bits per heavy atom. The highest BCUT2D eigenvalue weighted by atomic mass is 16.3. The fourth-order valence-corrected chi connectivity index (χ4v) is 8.22. The van der Waals surface area contributed by atoms with Gasteiger partial charge in [0, 0.05) is 46.5 Å². The van der Waals surface area contributed by atoms with Gasteiger partial charge >= 0.3 is 0 Å². The lowest BCUT2D eigenvalue weighted by Gasteiger charge is -2.23. The van der Waals surface area contributed by atoms with E-state index in [1.165, 1.54) is 54.5 Å². The molecule has 0 fully saturated rings. The van der Waals surface area contributed by atoms with E-state index in [1.807, 2.05) is 7.05 Å². The first-order valence-electron chi connectivity index (χ1n) is 17.6. The van der Waals surface area contributed by atoms with Crippen molar-refractivity contribution in [3.8, 4) is 5.69 Å². The molecular weight excluding hydrogens is 623 g/mol. The summed E-state index contributed by atoms with van der Waals surface area (Å²) in [6.07, 6.45) is 0. The minimum absolute atomic E-state index is 0.0368. The van der Waals surface area contributed by atoms with Crippen LogP contribution in [0.3, 0.4) is 0 Å². The molecule has 0 amide bonds. The van der Waals surface area contributed by atoms with Gasteiger partial charge in [0.05, 0.1) is 17.1 Å². The van der Waals surface area contributed by atoms with Crippen molar-refractivity contribution in [1.82, 2.24) is 9.88 Å². The van der Waals surface area contributed by atoms with Gasteiger partial charge < -0.3 is 19.6 Å². The highest BCUT2D eigenvalue weighted by Crippen LogP contribution is 2.47. The molecule has 2 N–H and O–H groups in total. The van der Waals surface area contributed by atoms with Crippen molar-refractivity contribution in [3.05, 3.63) is 180 Å². The summed E-state index contributed by atoms with van der Waals surface area (Å²) in [6, 6.07) is 58.8. The molecule has 10 aromatic rings. The van der Waals surface area contributed by atoms with Crippen LogP contribution in [0.1, 0.15) is 22.7 Å². The normalized spacial score (nSPS) is 12.5. The molecular formula is C47H35N3O. The quantitative estimate of drug-likeness (QED) is 0.179. The number of furan rings is 1. The van der Waals surface area contributed by atoms with Crippen molar-refractivity contribution in [2.75, 3.05) is 12.4 Å². The van der Waals surface area contributed by atoms with E-state index < -0.39 is 0 Å². The van der Waals surface area contributed by atoms with Crippen LogP contribution in [-0.4, -0.2) is 11.6 Å². The minimum Gasteiger partial charge on any atom is -0.454 e. The fourth-order valence-electron chi connectivity index (χ4n) is 8.22. The lowest BCUT2D eigenvalue weighted by molar-refractivity contribution is 0.606. The minimum atomic E-state index is 0.0368. The van der Waals surface area contributed by atoms with Crippen molar-refractivity contribution < 1.29 is 4.42 Å². The number of aromatic nitrogens is 1. The van der Waals surface area contributed by atoms with Crippen LogP contribution in [0.25, 0.3) is 71.0 Å². The second-order valence-corrected chi connectivity index (χ2v) is 13.3. The molecule has 0 saturated heterocycles. The summed E-state index contributed by atoms with van der Waals surface area (Å²) in [7, 11) is 1.99. The molecule has 0 aliphatic carbocycles. The largest absolute Gasteiger partial charge is 0.454 e. The maximum Gasteiger partial charge on any atom is 0.160 e. The molecule has 51 heavy (non-hydrogen) atoms. The summed E-state index contributed by atoms with van der Waals surface area (Å²) in [5.74, 6) is 0. The SMILES string of the molecule is CNc1ccccc1C(NCc1ccc(-n2c3ccc4ccccc4c3c3c4ccccc4c4c5ccccc5oc4c32)cc1)c1ccccc1. The zero-order valence-electron chi connectivity index (χ0n) is 28.2. The summed E-state index contributed by atoms with van der Waals surface area (Å²) < 4.78 is 9.25. The average Bonchev–Trinajstić information content (AvgIpc) is 3.76. The molecule has 1 atom stereocenters. The van der Waals surface area contributed by atoms with Crippen molar-refractivity contribution in [2.24, 2.45) is 0 Å². The van der Waals surface area contributed by atoms with E-state index in [1.54, 1.807) is 0 Å². The smallest absolute Gasteiger partial charge is 0.160 e. The molecule has 1 unspecified atom stereocenters. The molecule has 4 heteroatoms. The van der Waals surface area contributed by atoms with E-state index in [9.17, 15) is 0 Å². The van der Waals surface area contributed by atoms with Crippen molar-refractivity contribution in [3.63, 3.8) is 0 Å². The summed E-state index contributed by atoms with van der Waals surface area (Å²) in [5.41, 5.74) is 9.99. The lowest BCUT2D eigenvalue weighted by atomic mass is 9.96. The average molecular weight is 658 g/mol. The van der Waals surface area contributed by atoms with Crippen LogP contribution in [0.5, 0.6) is 0 Å². The molecule has 0 aliphatic heterocycles. The fraction of sp³-hybridized carbons (Fsp3) is 0.0638. The lowest BCUT2D eigenvalue weighted by Crippen LogP contribution is -2.23. The Bertz CT molecular complexity index is 2900. The van der Waals surface area contributed by atoms with Crippen LogP contribution < -0.4 is 10.6 Å². The Morgan fingerprint density at radius 2 is 1.24 bits per heavy atom. The Balaban J connectivity index is 1.16. The van der Waals surface area contributed by atoms with Crippen LogP contribution in [0, 0.1) is 0 Å². The van der Waals surface area contributed by atoms with Crippen molar-refractivity contribution in [2.45, 2.75) is 12.6 Å². The van der Waals surface area contributed by atoms with E-state index in [4.69, 9.17) is 4.42 Å². The zero-order valence-corrected chi connectivity index (χ0v) is 28.2. The summed E-state index contributed by atoms with van der Waals surface area (Å²) >= 11 is 0. The van der Waals surface area contributed by atoms with E-state index in [-0.39, 0.29) is 6.04 Å². The molecule has 0 radical (unpaired) electrons. The monoisotopic (exact) mass is 657 g/mol. The maximum atomic E-state index is 6.83. The van der Waals surface area contributed by atoms with Crippen LogP contribution >= 0.6 is 0 Å². The molecule has 4 nitrogen and oxygen atoms in total. The number of rotatable bonds is 7. The Kier molecular flexibility index (Phi) is 6.90. The number of fused-ring (bicyclic) bond motifs is 12. The third-order valence-corrected chi connectivity index (χ3v) is 10.5. The van der Waals surface area contributed by atoms with Gasteiger partial charge in [-0.2, -0.15) is 0 Å². The highest BCUT2D eigenvalue weighted by Gasteiger charge is 2.24. The van der Waals surface area contributed by atoms with Gasteiger partial charge in [0.2, 0.25) is 0 Å². The van der Waals surface area contributed by atoms with Crippen molar-refractivity contribution >= 4 is 71.0 Å². The number of nitrogens with one attached hydrogen (secondary N) is 2. The van der Waals surface area contributed by atoms with Gasteiger partial charge in [-0.05, 0) is 68.6 Å². The molecule has 8 aromatic carbocycles. The van der Waals surface area contributed by atoms with Gasteiger partial charge in [-0.3, -0.25) is 0 Å². The molecule has 0 bridgehead atoms. The van der Waals surface area contributed by atoms with Crippen LogP contribution in [0.2, 0.25) is 0 Å². The van der Waals surface area contributed by atoms with Gasteiger partial charge in [-0.1, -0.05) is 133 Å². The first kappa shape index (κ1) is 29.5. The van der Waals surface area contributed by atoms with Gasteiger partial charge in [-0.25, -0.2) is 0 Å². The molecule has 244 valence electrons. The van der Waals surface area contributed by atoms with Gasteiger partial charge in [0.1, 0.15) is 5.58 Å². The number of benzene rings is 8. The van der Waals surface area contributed by atoms with Crippen molar-refractivity contribution in [1.29, 1.82) is 0 Å². The summed E-state index contributed by atoms with van der Waals surface area (Å²) in [6.45, 7) is 0.716. The molecule has 0 saturated carbocycles. The third-order valence-electron chi connectivity index (χ3n) is 10.5. The zero-order chi connectivity index (χ0) is 33.9. The van der Waals surface area contributed by atoms with Gasteiger partial charge in [0.25, 0.3) is 0 Å². The second-order valence-electron chi connectivity index (χ2n) is 13.3. The molecule has 10 rings (SSSR count). The van der Waals surface area contributed by atoms with Crippen LogP contribution in [0.4, 0.5) is 5.69 Å². The Morgan fingerprint density at radius 3 is 2.04 bits per heavy atom. The second kappa shape index (κ2) is 11.9. The van der Waals surface area contributed by atoms with E-state index in [2.05, 4.69) is 179 Å². The van der Waals surface area contributed by atoms with Gasteiger partial charge in [0.15, 0.2) is 5.58 Å². The van der Waals surface area contributed by atoms with Crippen LogP contribution in [-0.2, 0) is 6.54 Å². The summed E-state index contributed by atoms with van der Waals surface area (Å²) in [4.78, 5) is 0. The first-order chi connectivity index (χ1) is 25.3. The topological polar surface area (TPSA) is 42.1 Å².